The van der Waals surface area contributed by atoms with Crippen molar-refractivity contribution in [3.8, 4) is 17.2 Å². The van der Waals surface area contributed by atoms with Crippen LogP contribution < -0.4 is 23.8 Å². The van der Waals surface area contributed by atoms with Crippen molar-refractivity contribution in [1.82, 2.24) is 10.2 Å². The summed E-state index contributed by atoms with van der Waals surface area (Å²) in [4.78, 5) is 30.4. The predicted molar refractivity (Wildman–Crippen MR) is 193 cm³/mol. The summed E-state index contributed by atoms with van der Waals surface area (Å²) in [6.07, 6.45) is 4.04. The van der Waals surface area contributed by atoms with Crippen molar-refractivity contribution in [2.24, 2.45) is 0 Å². The van der Waals surface area contributed by atoms with Gasteiger partial charge in [-0.15, -0.1) is 0 Å². The summed E-state index contributed by atoms with van der Waals surface area (Å²) in [5.41, 5.74) is 2.83. The van der Waals surface area contributed by atoms with Crippen LogP contribution >= 0.6 is 0 Å². The summed E-state index contributed by atoms with van der Waals surface area (Å²) in [5.74, 6) is 0.379. The van der Waals surface area contributed by atoms with E-state index in [-0.39, 0.29) is 35.6 Å². The second kappa shape index (κ2) is 16.6. The Kier molecular flexibility index (Phi) is 12.0. The second-order valence-electron chi connectivity index (χ2n) is 12.4. The molecule has 0 aliphatic heterocycles. The number of ether oxygens (including phenoxy) is 3. The zero-order valence-corrected chi connectivity index (χ0v) is 29.8. The van der Waals surface area contributed by atoms with Gasteiger partial charge in [0.15, 0.2) is 11.5 Å². The van der Waals surface area contributed by atoms with Crippen LogP contribution in [0.2, 0.25) is 0 Å². The van der Waals surface area contributed by atoms with Gasteiger partial charge in [-0.25, -0.2) is 8.42 Å². The molecule has 1 fully saturated rings. The first-order valence-corrected chi connectivity index (χ1v) is 18.1. The Balaban J connectivity index is 1.59. The van der Waals surface area contributed by atoms with Crippen molar-refractivity contribution >= 4 is 27.5 Å². The molecule has 0 saturated heterocycles. The fourth-order valence-electron chi connectivity index (χ4n) is 6.23. The third-order valence-electron chi connectivity index (χ3n) is 9.00. The first kappa shape index (κ1) is 36.3. The van der Waals surface area contributed by atoms with E-state index in [1.807, 2.05) is 55.5 Å². The molecule has 264 valence electrons. The maximum absolute atomic E-state index is 14.8. The highest BCUT2D eigenvalue weighted by Crippen LogP contribution is 2.33. The number of methoxy groups -OCH3 is 3. The minimum atomic E-state index is -4.33. The molecule has 1 aliphatic rings. The van der Waals surface area contributed by atoms with E-state index >= 15 is 0 Å². The number of hydrogen-bond acceptors (Lipinski definition) is 7. The quantitative estimate of drug-likeness (QED) is 0.164. The number of rotatable bonds is 15. The van der Waals surface area contributed by atoms with Gasteiger partial charge in [0, 0.05) is 25.1 Å². The standard InChI is InChI=1S/C39H45N3O7S/c1-28-17-19-32(20-18-28)42(50(45,46)34-21-22-36(48-3)37(25-34)49-4)27-38(43)41(26-30-13-10-16-33(23-30)47-2)35(24-29-11-6-5-7-12-29)39(44)40-31-14-8-9-15-31/h5-7,10-13,16-23,25,31,35H,8-9,14-15,24,26-27H2,1-4H3,(H,40,44). The second-order valence-corrected chi connectivity index (χ2v) is 14.3. The van der Waals surface area contributed by atoms with Crippen LogP contribution in [0.5, 0.6) is 17.2 Å². The minimum absolute atomic E-state index is 0.0176. The summed E-state index contributed by atoms with van der Waals surface area (Å²) in [7, 11) is 0.126. The smallest absolute Gasteiger partial charge is 0.264 e. The summed E-state index contributed by atoms with van der Waals surface area (Å²) in [6.45, 7) is 1.38. The number of nitrogens with one attached hydrogen (secondary N) is 1. The zero-order valence-electron chi connectivity index (χ0n) is 29.0. The van der Waals surface area contributed by atoms with Crippen molar-refractivity contribution < 1.29 is 32.2 Å². The molecule has 0 bridgehead atoms. The number of amides is 2. The lowest BCUT2D eigenvalue weighted by molar-refractivity contribution is -0.140. The Bertz CT molecular complexity index is 1860. The average Bonchev–Trinajstić information content (AvgIpc) is 3.65. The Hall–Kier alpha value is -5.03. The lowest BCUT2D eigenvalue weighted by atomic mass is 10.0. The lowest BCUT2D eigenvalue weighted by Crippen LogP contribution is -2.54. The fourth-order valence-corrected chi connectivity index (χ4v) is 7.66. The maximum Gasteiger partial charge on any atom is 0.264 e. The fraction of sp³-hybridized carbons (Fsp3) is 0.333. The monoisotopic (exact) mass is 699 g/mol. The molecule has 1 unspecified atom stereocenters. The maximum atomic E-state index is 14.8. The van der Waals surface area contributed by atoms with E-state index < -0.39 is 28.5 Å². The first-order chi connectivity index (χ1) is 24.1. The van der Waals surface area contributed by atoms with Crippen LogP contribution in [0, 0.1) is 6.92 Å². The van der Waals surface area contributed by atoms with Crippen LogP contribution in [0.15, 0.2) is 102 Å². The normalized spacial score (nSPS) is 13.7. The predicted octanol–water partition coefficient (Wildman–Crippen LogP) is 5.92. The van der Waals surface area contributed by atoms with Gasteiger partial charge >= 0.3 is 0 Å². The Morgan fingerprint density at radius 2 is 1.48 bits per heavy atom. The van der Waals surface area contributed by atoms with E-state index in [1.54, 1.807) is 37.4 Å². The molecule has 4 aromatic carbocycles. The van der Waals surface area contributed by atoms with Gasteiger partial charge < -0.3 is 24.4 Å². The molecule has 1 N–H and O–H groups in total. The molecule has 5 rings (SSSR count). The number of nitrogens with zero attached hydrogens (tertiary/aromatic N) is 2. The average molecular weight is 700 g/mol. The lowest BCUT2D eigenvalue weighted by Gasteiger charge is -2.34. The summed E-state index contributed by atoms with van der Waals surface area (Å²) in [5, 5.41) is 3.20. The Morgan fingerprint density at radius 3 is 2.14 bits per heavy atom. The van der Waals surface area contributed by atoms with Crippen molar-refractivity contribution in [2.45, 2.75) is 62.6 Å². The van der Waals surface area contributed by atoms with Gasteiger partial charge in [0.1, 0.15) is 18.3 Å². The summed E-state index contributed by atoms with van der Waals surface area (Å²) >= 11 is 0. The Labute approximate surface area is 295 Å². The number of hydrogen-bond donors (Lipinski definition) is 1. The molecule has 1 saturated carbocycles. The molecule has 10 nitrogen and oxygen atoms in total. The van der Waals surface area contributed by atoms with Crippen LogP contribution in [-0.2, 0) is 32.6 Å². The number of anilines is 1. The van der Waals surface area contributed by atoms with E-state index in [0.29, 0.717) is 17.2 Å². The molecule has 4 aromatic rings. The molecule has 11 heteroatoms. The van der Waals surface area contributed by atoms with Gasteiger partial charge in [0.25, 0.3) is 10.0 Å². The third kappa shape index (κ3) is 8.76. The van der Waals surface area contributed by atoms with Gasteiger partial charge in [0.05, 0.1) is 31.9 Å². The molecule has 2 amide bonds. The highest BCUT2D eigenvalue weighted by Gasteiger charge is 2.36. The molecule has 1 aliphatic carbocycles. The van der Waals surface area contributed by atoms with E-state index in [2.05, 4.69) is 5.32 Å². The number of benzene rings is 4. The van der Waals surface area contributed by atoms with Crippen molar-refractivity contribution in [1.29, 1.82) is 0 Å². The SMILES string of the molecule is COc1cccc(CN(C(=O)CN(c2ccc(C)cc2)S(=O)(=O)c2ccc(OC)c(OC)c2)C(Cc2ccccc2)C(=O)NC2CCCC2)c1. The largest absolute Gasteiger partial charge is 0.497 e. The number of aryl methyl sites for hydroxylation is 1. The van der Waals surface area contributed by atoms with Crippen LogP contribution in [0.3, 0.4) is 0 Å². The van der Waals surface area contributed by atoms with Crippen molar-refractivity contribution in [3.63, 3.8) is 0 Å². The molecule has 50 heavy (non-hydrogen) atoms. The molecule has 0 radical (unpaired) electrons. The van der Waals surface area contributed by atoms with Crippen LogP contribution in [0.1, 0.15) is 42.4 Å². The molecular weight excluding hydrogens is 655 g/mol. The van der Waals surface area contributed by atoms with Crippen LogP contribution in [0.25, 0.3) is 0 Å². The molecule has 0 spiro atoms. The van der Waals surface area contributed by atoms with Gasteiger partial charge in [-0.3, -0.25) is 13.9 Å². The van der Waals surface area contributed by atoms with Crippen LogP contribution in [-0.4, -0.2) is 65.1 Å². The van der Waals surface area contributed by atoms with Gasteiger partial charge in [0.2, 0.25) is 11.8 Å². The number of carbonyl (C=O) groups is 2. The number of sulfonamides is 1. The number of carbonyl (C=O) groups excluding carboxylic acids is 2. The molecular formula is C39H45N3O7S. The zero-order chi connectivity index (χ0) is 35.7. The topological polar surface area (TPSA) is 114 Å². The van der Waals surface area contributed by atoms with Crippen molar-refractivity contribution in [3.05, 3.63) is 114 Å². The summed E-state index contributed by atoms with van der Waals surface area (Å²) < 4.78 is 46.2. The van der Waals surface area contributed by atoms with Gasteiger partial charge in [-0.05, 0) is 67.3 Å². The van der Waals surface area contributed by atoms with Crippen molar-refractivity contribution in [2.75, 3.05) is 32.2 Å². The highest BCUT2D eigenvalue weighted by atomic mass is 32.2. The Morgan fingerprint density at radius 1 is 0.800 bits per heavy atom. The molecule has 0 heterocycles. The van der Waals surface area contributed by atoms with E-state index in [4.69, 9.17) is 14.2 Å². The summed E-state index contributed by atoms with van der Waals surface area (Å²) in [6, 6.07) is 27.1. The molecule has 1 atom stereocenters. The van der Waals surface area contributed by atoms with Crippen LogP contribution in [0.4, 0.5) is 5.69 Å². The van der Waals surface area contributed by atoms with E-state index in [1.165, 1.54) is 37.3 Å². The van der Waals surface area contributed by atoms with E-state index in [9.17, 15) is 18.0 Å². The minimum Gasteiger partial charge on any atom is -0.497 e. The third-order valence-corrected chi connectivity index (χ3v) is 10.8. The first-order valence-electron chi connectivity index (χ1n) is 16.7. The van der Waals surface area contributed by atoms with E-state index in [0.717, 1.165) is 46.7 Å². The van der Waals surface area contributed by atoms with Gasteiger partial charge in [-0.1, -0.05) is 73.0 Å². The highest BCUT2D eigenvalue weighted by molar-refractivity contribution is 7.92. The van der Waals surface area contributed by atoms with Gasteiger partial charge in [-0.2, -0.15) is 0 Å². The molecule has 0 aromatic heterocycles.